The van der Waals surface area contributed by atoms with Crippen molar-refractivity contribution in [2.45, 2.75) is 49.2 Å². The van der Waals surface area contributed by atoms with Crippen LogP contribution >= 0.6 is 23.4 Å². The summed E-state index contributed by atoms with van der Waals surface area (Å²) in [5.41, 5.74) is 1.40. The molecule has 3 unspecified atom stereocenters. The van der Waals surface area contributed by atoms with E-state index in [2.05, 4.69) is 36.3 Å². The molecule has 0 radical (unpaired) electrons. The smallest absolute Gasteiger partial charge is 0.0410 e. The number of piperidine rings is 1. The van der Waals surface area contributed by atoms with Crippen LogP contribution in [0.1, 0.15) is 37.8 Å². The Morgan fingerprint density at radius 2 is 2.20 bits per heavy atom. The fourth-order valence-electron chi connectivity index (χ4n) is 3.26. The van der Waals surface area contributed by atoms with Gasteiger partial charge in [0, 0.05) is 28.0 Å². The van der Waals surface area contributed by atoms with Crippen molar-refractivity contribution in [1.82, 2.24) is 10.2 Å². The number of thioether (sulfide) groups is 1. The molecule has 0 saturated carbocycles. The van der Waals surface area contributed by atoms with Crippen LogP contribution in [0.4, 0.5) is 0 Å². The normalized spacial score (nSPS) is 31.1. The van der Waals surface area contributed by atoms with Gasteiger partial charge in [-0.3, -0.25) is 0 Å². The summed E-state index contributed by atoms with van der Waals surface area (Å²) in [6.07, 6.45) is 3.70. The largest absolute Gasteiger partial charge is 0.307 e. The maximum atomic E-state index is 6.18. The van der Waals surface area contributed by atoms with E-state index in [1.54, 1.807) is 0 Å². The third-order valence-corrected chi connectivity index (χ3v) is 6.01. The second-order valence-corrected chi connectivity index (χ2v) is 7.66. The third-order valence-electron chi connectivity index (χ3n) is 4.66. The highest BCUT2D eigenvalue weighted by Gasteiger charge is 2.27. The molecule has 2 aliphatic rings. The zero-order valence-electron chi connectivity index (χ0n) is 12.2. The lowest BCUT2D eigenvalue weighted by molar-refractivity contribution is 0.161. The fourth-order valence-corrected chi connectivity index (χ4v) is 4.55. The van der Waals surface area contributed by atoms with E-state index < -0.39 is 0 Å². The van der Waals surface area contributed by atoms with Crippen LogP contribution in [0.2, 0.25) is 5.02 Å². The van der Waals surface area contributed by atoms with E-state index in [1.165, 1.54) is 42.0 Å². The quantitative estimate of drug-likeness (QED) is 0.890. The fraction of sp³-hybridized carbons (Fsp3) is 0.625. The molecule has 0 aromatic heterocycles. The Hall–Kier alpha value is -0.220. The average Bonchev–Trinajstić information content (AvgIpc) is 2.44. The molecule has 1 aromatic carbocycles. The van der Waals surface area contributed by atoms with Gasteiger partial charge in [-0.2, -0.15) is 0 Å². The second-order valence-electron chi connectivity index (χ2n) is 6.09. The van der Waals surface area contributed by atoms with Crippen LogP contribution in [0.25, 0.3) is 0 Å². The van der Waals surface area contributed by atoms with Gasteiger partial charge in [0.05, 0.1) is 0 Å². The molecule has 0 spiro atoms. The minimum absolute atomic E-state index is 0.477. The topological polar surface area (TPSA) is 15.3 Å². The SMILES string of the molecule is CC1CC(NC2CCSc3ccc(Cl)cc32)CCN1C. The number of hydrogen-bond donors (Lipinski definition) is 1. The van der Waals surface area contributed by atoms with Crippen LogP contribution in [0.15, 0.2) is 23.1 Å². The van der Waals surface area contributed by atoms with Gasteiger partial charge in [-0.15, -0.1) is 11.8 Å². The van der Waals surface area contributed by atoms with Crippen LogP contribution in [0.3, 0.4) is 0 Å². The summed E-state index contributed by atoms with van der Waals surface area (Å²) < 4.78 is 0. The summed E-state index contributed by atoms with van der Waals surface area (Å²) in [6.45, 7) is 3.53. The highest BCUT2D eigenvalue weighted by molar-refractivity contribution is 7.99. The Morgan fingerprint density at radius 1 is 1.35 bits per heavy atom. The summed E-state index contributed by atoms with van der Waals surface area (Å²) in [4.78, 5) is 3.86. The van der Waals surface area contributed by atoms with E-state index in [0.29, 0.717) is 18.1 Å². The summed E-state index contributed by atoms with van der Waals surface area (Å²) in [6, 6.07) is 8.13. The standard InChI is InChI=1S/C16H23ClN2S/c1-11-9-13(5-7-19(11)2)18-15-6-8-20-16-4-3-12(17)10-14(15)16/h3-4,10-11,13,15,18H,5-9H2,1-2H3. The van der Waals surface area contributed by atoms with Gasteiger partial charge in [-0.05, 0) is 69.3 Å². The Labute approximate surface area is 131 Å². The summed E-state index contributed by atoms with van der Waals surface area (Å²) in [5.74, 6) is 1.20. The minimum atomic E-state index is 0.477. The van der Waals surface area contributed by atoms with E-state index in [0.717, 1.165) is 5.02 Å². The van der Waals surface area contributed by atoms with Crippen molar-refractivity contribution in [1.29, 1.82) is 0 Å². The van der Waals surface area contributed by atoms with Gasteiger partial charge >= 0.3 is 0 Å². The van der Waals surface area contributed by atoms with Crippen LogP contribution in [-0.4, -0.2) is 36.3 Å². The lowest BCUT2D eigenvalue weighted by Gasteiger charge is -2.38. The van der Waals surface area contributed by atoms with Gasteiger partial charge in [0.25, 0.3) is 0 Å². The maximum Gasteiger partial charge on any atom is 0.0410 e. The van der Waals surface area contributed by atoms with Crippen LogP contribution in [0, 0.1) is 0 Å². The number of likely N-dealkylation sites (tertiary alicyclic amines) is 1. The maximum absolute atomic E-state index is 6.18. The van der Waals surface area contributed by atoms with Gasteiger partial charge in [-0.1, -0.05) is 11.6 Å². The molecular weight excluding hydrogens is 288 g/mol. The molecule has 110 valence electrons. The van der Waals surface area contributed by atoms with Gasteiger partial charge in [0.1, 0.15) is 0 Å². The lowest BCUT2D eigenvalue weighted by atomic mass is 9.95. The Bertz CT molecular complexity index is 480. The highest BCUT2D eigenvalue weighted by atomic mass is 35.5. The van der Waals surface area contributed by atoms with Gasteiger partial charge in [-0.25, -0.2) is 0 Å². The number of hydrogen-bond acceptors (Lipinski definition) is 3. The zero-order chi connectivity index (χ0) is 14.1. The Balaban J connectivity index is 1.71. The Morgan fingerprint density at radius 3 is 3.00 bits per heavy atom. The first-order valence-corrected chi connectivity index (χ1v) is 8.88. The molecule has 2 aliphatic heterocycles. The molecular formula is C16H23ClN2S. The van der Waals surface area contributed by atoms with Crippen LogP contribution < -0.4 is 5.32 Å². The third kappa shape index (κ3) is 3.16. The van der Waals surface area contributed by atoms with Crippen molar-refractivity contribution in [3.8, 4) is 0 Å². The summed E-state index contributed by atoms with van der Waals surface area (Å²) >= 11 is 8.14. The molecule has 1 saturated heterocycles. The predicted molar refractivity (Wildman–Crippen MR) is 87.8 cm³/mol. The molecule has 0 bridgehead atoms. The summed E-state index contributed by atoms with van der Waals surface area (Å²) in [7, 11) is 2.23. The molecule has 0 aliphatic carbocycles. The molecule has 3 atom stereocenters. The van der Waals surface area contributed by atoms with Crippen molar-refractivity contribution in [2.75, 3.05) is 19.3 Å². The molecule has 1 aromatic rings. The molecule has 1 N–H and O–H groups in total. The second kappa shape index (κ2) is 6.27. The molecule has 2 nitrogen and oxygen atoms in total. The molecule has 3 rings (SSSR count). The molecule has 0 amide bonds. The van der Waals surface area contributed by atoms with E-state index in [9.17, 15) is 0 Å². The summed E-state index contributed by atoms with van der Waals surface area (Å²) in [5, 5.41) is 4.75. The van der Waals surface area contributed by atoms with E-state index in [4.69, 9.17) is 11.6 Å². The first-order valence-electron chi connectivity index (χ1n) is 7.52. The number of halogens is 1. The minimum Gasteiger partial charge on any atom is -0.307 e. The molecule has 2 heterocycles. The van der Waals surface area contributed by atoms with E-state index in [-0.39, 0.29) is 0 Å². The van der Waals surface area contributed by atoms with Crippen LogP contribution in [0.5, 0.6) is 0 Å². The first kappa shape index (κ1) is 14.7. The Kier molecular flexibility index (Phi) is 4.61. The molecule has 4 heteroatoms. The number of nitrogens with one attached hydrogen (secondary N) is 1. The van der Waals surface area contributed by atoms with Crippen LogP contribution in [-0.2, 0) is 0 Å². The van der Waals surface area contributed by atoms with Crippen molar-refractivity contribution < 1.29 is 0 Å². The predicted octanol–water partition coefficient (Wildman–Crippen LogP) is 3.95. The number of rotatable bonds is 2. The number of fused-ring (bicyclic) bond motifs is 1. The van der Waals surface area contributed by atoms with Crippen molar-refractivity contribution in [3.63, 3.8) is 0 Å². The highest BCUT2D eigenvalue weighted by Crippen LogP contribution is 2.38. The number of nitrogens with zero attached hydrogens (tertiary/aromatic N) is 1. The average molecular weight is 311 g/mol. The van der Waals surface area contributed by atoms with Crippen molar-refractivity contribution in [3.05, 3.63) is 28.8 Å². The number of benzene rings is 1. The van der Waals surface area contributed by atoms with E-state index >= 15 is 0 Å². The van der Waals surface area contributed by atoms with Gasteiger partial charge in [0.2, 0.25) is 0 Å². The van der Waals surface area contributed by atoms with Gasteiger partial charge < -0.3 is 10.2 Å². The van der Waals surface area contributed by atoms with E-state index in [1.807, 2.05) is 17.8 Å². The van der Waals surface area contributed by atoms with Crippen molar-refractivity contribution >= 4 is 23.4 Å². The van der Waals surface area contributed by atoms with Crippen molar-refractivity contribution in [2.24, 2.45) is 0 Å². The van der Waals surface area contributed by atoms with Gasteiger partial charge in [0.15, 0.2) is 0 Å². The molecule has 1 fully saturated rings. The first-order chi connectivity index (χ1) is 9.63. The lowest BCUT2D eigenvalue weighted by Crippen LogP contribution is -2.46. The molecule has 20 heavy (non-hydrogen) atoms. The monoisotopic (exact) mass is 310 g/mol. The zero-order valence-corrected chi connectivity index (χ0v) is 13.8.